The van der Waals surface area contributed by atoms with E-state index in [1.807, 2.05) is 35.1 Å². The van der Waals surface area contributed by atoms with E-state index >= 15 is 0 Å². The summed E-state index contributed by atoms with van der Waals surface area (Å²) in [5, 5.41) is 19.3. The lowest BCUT2D eigenvalue weighted by molar-refractivity contribution is 0.595. The van der Waals surface area contributed by atoms with Crippen molar-refractivity contribution in [2.24, 2.45) is 0 Å². The number of aryl methyl sites for hydroxylation is 2. The van der Waals surface area contributed by atoms with Gasteiger partial charge in [0, 0.05) is 30.2 Å². The number of benzene rings is 1. The SMILES string of the molecule is CCCCCc1nc(CCCCC)n(Cc2ccc(-c3ccccc3-c3nn[nH]n3)cn2)n1. The fourth-order valence-corrected chi connectivity index (χ4v) is 3.95. The van der Waals surface area contributed by atoms with Gasteiger partial charge in [0.2, 0.25) is 5.82 Å². The van der Waals surface area contributed by atoms with Gasteiger partial charge in [0.15, 0.2) is 5.82 Å². The Morgan fingerprint density at radius 1 is 0.879 bits per heavy atom. The van der Waals surface area contributed by atoms with Crippen molar-refractivity contribution >= 4 is 0 Å². The third-order valence-electron chi connectivity index (χ3n) is 5.76. The third kappa shape index (κ3) is 5.88. The number of pyridine rings is 1. The second-order valence-corrected chi connectivity index (χ2v) is 8.34. The minimum Gasteiger partial charge on any atom is -0.259 e. The molecule has 1 N–H and O–H groups in total. The van der Waals surface area contributed by atoms with Crippen LogP contribution in [0.5, 0.6) is 0 Å². The average molecular weight is 445 g/mol. The summed E-state index contributed by atoms with van der Waals surface area (Å²) < 4.78 is 2.05. The Morgan fingerprint density at radius 2 is 1.67 bits per heavy atom. The van der Waals surface area contributed by atoms with Crippen LogP contribution in [0.4, 0.5) is 0 Å². The number of nitrogens with zero attached hydrogens (tertiary/aromatic N) is 7. The van der Waals surface area contributed by atoms with Crippen molar-refractivity contribution in [1.29, 1.82) is 0 Å². The fraction of sp³-hybridized carbons (Fsp3) is 0.440. The molecule has 4 rings (SSSR count). The van der Waals surface area contributed by atoms with Crippen LogP contribution in [-0.2, 0) is 19.4 Å². The van der Waals surface area contributed by atoms with Gasteiger partial charge in [0.1, 0.15) is 5.82 Å². The molecule has 172 valence electrons. The Hall–Kier alpha value is -3.42. The first-order valence-electron chi connectivity index (χ1n) is 12.0. The first kappa shape index (κ1) is 22.8. The molecule has 0 aliphatic heterocycles. The molecule has 0 aliphatic carbocycles. The van der Waals surface area contributed by atoms with Crippen LogP contribution in [-0.4, -0.2) is 40.4 Å². The molecule has 3 heterocycles. The van der Waals surface area contributed by atoms with Crippen LogP contribution in [0.25, 0.3) is 22.5 Å². The highest BCUT2D eigenvalue weighted by atomic mass is 15.5. The van der Waals surface area contributed by atoms with Crippen molar-refractivity contribution < 1.29 is 0 Å². The maximum Gasteiger partial charge on any atom is 0.205 e. The molecule has 8 nitrogen and oxygen atoms in total. The zero-order valence-electron chi connectivity index (χ0n) is 19.5. The number of nitrogens with one attached hydrogen (secondary N) is 1. The van der Waals surface area contributed by atoms with E-state index in [1.54, 1.807) is 0 Å². The van der Waals surface area contributed by atoms with Crippen LogP contribution >= 0.6 is 0 Å². The number of H-pyrrole nitrogens is 1. The standard InChI is InChI=1S/C25H32N8/c1-3-5-7-13-23-27-24(14-8-6-4-2)33(30-23)18-20-16-15-19(17-26-20)21-11-9-10-12-22(21)25-28-31-32-29-25/h9-12,15-17H,3-8,13-14,18H2,1-2H3,(H,28,29,31,32). The van der Waals surface area contributed by atoms with Crippen molar-refractivity contribution in [3.63, 3.8) is 0 Å². The number of aromatic nitrogens is 8. The predicted molar refractivity (Wildman–Crippen MR) is 128 cm³/mol. The van der Waals surface area contributed by atoms with Gasteiger partial charge in [-0.05, 0) is 29.7 Å². The van der Waals surface area contributed by atoms with Gasteiger partial charge < -0.3 is 0 Å². The van der Waals surface area contributed by atoms with Crippen LogP contribution in [0.15, 0.2) is 42.6 Å². The quantitative estimate of drug-likeness (QED) is 0.308. The second-order valence-electron chi connectivity index (χ2n) is 8.34. The number of unbranched alkanes of at least 4 members (excludes halogenated alkanes) is 4. The molecule has 33 heavy (non-hydrogen) atoms. The Kier molecular flexibility index (Phi) is 7.90. The van der Waals surface area contributed by atoms with Crippen molar-refractivity contribution in [1.82, 2.24) is 40.4 Å². The highest BCUT2D eigenvalue weighted by molar-refractivity contribution is 5.79. The average Bonchev–Trinajstić information content (AvgIpc) is 3.51. The van der Waals surface area contributed by atoms with Crippen molar-refractivity contribution in [2.75, 3.05) is 0 Å². The van der Waals surface area contributed by atoms with Gasteiger partial charge in [-0.15, -0.1) is 10.2 Å². The zero-order valence-corrected chi connectivity index (χ0v) is 19.5. The maximum absolute atomic E-state index is 4.86. The van der Waals surface area contributed by atoms with Crippen LogP contribution < -0.4 is 0 Å². The van der Waals surface area contributed by atoms with E-state index in [4.69, 9.17) is 15.1 Å². The summed E-state index contributed by atoms with van der Waals surface area (Å²) in [7, 11) is 0. The van der Waals surface area contributed by atoms with Crippen molar-refractivity contribution in [2.45, 2.75) is 71.8 Å². The van der Waals surface area contributed by atoms with E-state index in [9.17, 15) is 0 Å². The summed E-state index contributed by atoms with van der Waals surface area (Å²) in [6.45, 7) is 5.08. The first-order valence-corrected chi connectivity index (χ1v) is 12.0. The van der Waals surface area contributed by atoms with Gasteiger partial charge in [-0.3, -0.25) is 4.98 Å². The Bertz CT molecular complexity index is 1120. The predicted octanol–water partition coefficient (Wildman–Crippen LogP) is 5.03. The fourth-order valence-electron chi connectivity index (χ4n) is 3.95. The van der Waals surface area contributed by atoms with Crippen molar-refractivity contribution in [3.8, 4) is 22.5 Å². The highest BCUT2D eigenvalue weighted by Crippen LogP contribution is 2.29. The summed E-state index contributed by atoms with van der Waals surface area (Å²) in [5.74, 6) is 2.61. The van der Waals surface area contributed by atoms with Gasteiger partial charge in [-0.1, -0.05) is 69.9 Å². The highest BCUT2D eigenvalue weighted by Gasteiger charge is 2.13. The van der Waals surface area contributed by atoms with E-state index in [0.717, 1.165) is 59.7 Å². The first-order chi connectivity index (χ1) is 16.3. The molecule has 0 saturated heterocycles. The number of hydrogen-bond acceptors (Lipinski definition) is 6. The largest absolute Gasteiger partial charge is 0.259 e. The minimum atomic E-state index is 0.574. The molecule has 0 aliphatic rings. The summed E-state index contributed by atoms with van der Waals surface area (Å²) in [5.41, 5.74) is 3.93. The van der Waals surface area contributed by atoms with Crippen LogP contribution in [0.2, 0.25) is 0 Å². The summed E-state index contributed by atoms with van der Waals surface area (Å²) in [6, 6.07) is 12.2. The van der Waals surface area contributed by atoms with Crippen LogP contribution in [0.1, 0.15) is 69.7 Å². The Balaban J connectivity index is 1.52. The molecule has 0 saturated carbocycles. The third-order valence-corrected chi connectivity index (χ3v) is 5.76. The van der Waals surface area contributed by atoms with Gasteiger partial charge in [0.05, 0.1) is 12.2 Å². The number of hydrogen-bond donors (Lipinski definition) is 1. The lowest BCUT2D eigenvalue weighted by Gasteiger charge is -2.09. The molecule has 0 atom stereocenters. The van der Waals surface area contributed by atoms with E-state index in [0.29, 0.717) is 12.4 Å². The van der Waals surface area contributed by atoms with E-state index < -0.39 is 0 Å². The maximum atomic E-state index is 4.86. The number of rotatable bonds is 12. The summed E-state index contributed by atoms with van der Waals surface area (Å²) in [4.78, 5) is 9.60. The zero-order chi connectivity index (χ0) is 22.9. The molecule has 0 spiro atoms. The molecule has 1 aromatic carbocycles. The van der Waals surface area contributed by atoms with E-state index in [2.05, 4.69) is 46.6 Å². The Labute approximate surface area is 194 Å². The smallest absolute Gasteiger partial charge is 0.205 e. The molecule has 0 unspecified atom stereocenters. The summed E-state index contributed by atoms with van der Waals surface area (Å²) in [6.07, 6.45) is 10.9. The molecular formula is C25H32N8. The normalized spacial score (nSPS) is 11.2. The summed E-state index contributed by atoms with van der Waals surface area (Å²) >= 11 is 0. The lowest BCUT2D eigenvalue weighted by atomic mass is 10.0. The lowest BCUT2D eigenvalue weighted by Crippen LogP contribution is -2.08. The van der Waals surface area contributed by atoms with E-state index in [-0.39, 0.29) is 0 Å². The van der Waals surface area contributed by atoms with E-state index in [1.165, 1.54) is 25.7 Å². The molecule has 3 aromatic heterocycles. The van der Waals surface area contributed by atoms with Gasteiger partial charge in [-0.25, -0.2) is 9.67 Å². The monoisotopic (exact) mass is 444 g/mol. The molecule has 0 bridgehead atoms. The molecule has 0 radical (unpaired) electrons. The number of tetrazole rings is 1. The minimum absolute atomic E-state index is 0.574. The van der Waals surface area contributed by atoms with Crippen LogP contribution in [0.3, 0.4) is 0 Å². The van der Waals surface area contributed by atoms with Crippen molar-refractivity contribution in [3.05, 3.63) is 59.9 Å². The van der Waals surface area contributed by atoms with Gasteiger partial charge >= 0.3 is 0 Å². The Morgan fingerprint density at radius 3 is 2.36 bits per heavy atom. The molecule has 0 amide bonds. The molecular weight excluding hydrogens is 412 g/mol. The van der Waals surface area contributed by atoms with Gasteiger partial charge in [0.25, 0.3) is 0 Å². The second kappa shape index (κ2) is 11.4. The number of aromatic amines is 1. The van der Waals surface area contributed by atoms with Crippen LogP contribution in [0, 0.1) is 0 Å². The molecule has 4 aromatic rings. The van der Waals surface area contributed by atoms with Gasteiger partial charge in [-0.2, -0.15) is 10.3 Å². The topological polar surface area (TPSA) is 98.1 Å². The molecule has 0 fully saturated rings. The molecule has 8 heteroatoms.